The van der Waals surface area contributed by atoms with Crippen molar-refractivity contribution in [2.75, 3.05) is 13.7 Å². The molecule has 17 heavy (non-hydrogen) atoms. The van der Waals surface area contributed by atoms with Crippen molar-refractivity contribution in [2.24, 2.45) is 10.3 Å². The Kier molecular flexibility index (Phi) is 4.62. The van der Waals surface area contributed by atoms with E-state index in [0.29, 0.717) is 11.4 Å². The maximum Gasteiger partial charge on any atom is 0.443 e. The van der Waals surface area contributed by atoms with Crippen LogP contribution in [0.4, 0.5) is 4.79 Å². The normalized spacial score (nSPS) is 24.6. The van der Waals surface area contributed by atoms with Gasteiger partial charge in [-0.25, -0.2) is 9.00 Å². The van der Waals surface area contributed by atoms with Crippen molar-refractivity contribution in [1.29, 1.82) is 0 Å². The van der Waals surface area contributed by atoms with Gasteiger partial charge in [-0.3, -0.25) is 0 Å². The Balaban J connectivity index is 2.94. The summed E-state index contributed by atoms with van der Waals surface area (Å²) < 4.78 is 17.4. The molecular weight excluding hydrogens is 246 g/mol. The van der Waals surface area contributed by atoms with Gasteiger partial charge >= 0.3 is 6.09 Å². The van der Waals surface area contributed by atoms with Gasteiger partial charge < -0.3 is 9.57 Å². The number of carbonyl (C=O) groups is 1. The highest BCUT2D eigenvalue weighted by molar-refractivity contribution is 7.85. The molecule has 0 saturated heterocycles. The first-order valence-corrected chi connectivity index (χ1v) is 6.24. The third-order valence-corrected chi connectivity index (χ3v) is 3.48. The molecule has 1 heterocycles. The van der Waals surface area contributed by atoms with Crippen molar-refractivity contribution in [1.82, 2.24) is 4.41 Å². The number of hydrogen-bond donors (Lipinski definition) is 0. The first kappa shape index (κ1) is 13.6. The Hall–Kier alpha value is -1.44. The van der Waals surface area contributed by atoms with E-state index in [2.05, 4.69) is 15.1 Å². The highest BCUT2D eigenvalue weighted by atomic mass is 32.2. The lowest BCUT2D eigenvalue weighted by Gasteiger charge is -2.10. The number of amides is 1. The number of nitrogens with zero attached hydrogens (tertiary/aromatic N) is 3. The van der Waals surface area contributed by atoms with Gasteiger partial charge in [-0.15, -0.1) is 4.41 Å². The molecule has 0 fully saturated rings. The quantitative estimate of drug-likeness (QED) is 0.558. The molecule has 0 bridgehead atoms. The van der Waals surface area contributed by atoms with E-state index in [0.717, 1.165) is 4.41 Å². The Bertz CT molecular complexity index is 394. The van der Waals surface area contributed by atoms with E-state index >= 15 is 0 Å². The molecule has 1 aliphatic heterocycles. The summed E-state index contributed by atoms with van der Waals surface area (Å²) in [5, 5.41) is 7.24. The summed E-state index contributed by atoms with van der Waals surface area (Å²) in [6.45, 7) is 5.24. The van der Waals surface area contributed by atoms with E-state index in [1.54, 1.807) is 20.8 Å². The van der Waals surface area contributed by atoms with Gasteiger partial charge in [-0.05, 0) is 20.8 Å². The minimum atomic E-state index is -1.57. The van der Waals surface area contributed by atoms with Crippen molar-refractivity contribution < 1.29 is 18.6 Å². The van der Waals surface area contributed by atoms with Gasteiger partial charge in [0.1, 0.15) is 18.5 Å². The van der Waals surface area contributed by atoms with Crippen LogP contribution in [0, 0.1) is 0 Å². The molecule has 2 unspecified atom stereocenters. The summed E-state index contributed by atoms with van der Waals surface area (Å²) in [6, 6.07) is 0. The zero-order valence-corrected chi connectivity index (χ0v) is 11.0. The second kappa shape index (κ2) is 5.76. The lowest BCUT2D eigenvalue weighted by molar-refractivity contribution is 0.134. The maximum absolute atomic E-state index is 11.9. The van der Waals surface area contributed by atoms with E-state index in [-0.39, 0.29) is 6.61 Å². The van der Waals surface area contributed by atoms with Gasteiger partial charge in [-0.2, -0.15) is 5.10 Å². The van der Waals surface area contributed by atoms with Crippen molar-refractivity contribution >= 4 is 28.5 Å². The lowest BCUT2D eigenvalue weighted by Crippen LogP contribution is -2.30. The molecule has 96 valence electrons. The van der Waals surface area contributed by atoms with Crippen LogP contribution in [0.15, 0.2) is 10.3 Å². The zero-order valence-electron chi connectivity index (χ0n) is 10.2. The van der Waals surface area contributed by atoms with Crippen LogP contribution < -0.4 is 0 Å². The van der Waals surface area contributed by atoms with E-state index in [4.69, 9.17) is 4.74 Å². The van der Waals surface area contributed by atoms with Crippen LogP contribution >= 0.6 is 0 Å². The molecule has 1 amide bonds. The van der Waals surface area contributed by atoms with Crippen LogP contribution in [0.3, 0.4) is 0 Å². The molecule has 1 rings (SSSR count). The summed E-state index contributed by atoms with van der Waals surface area (Å²) in [7, 11) is -0.166. The minimum Gasteiger partial charge on any atom is -0.448 e. The average molecular weight is 261 g/mol. The van der Waals surface area contributed by atoms with Crippen LogP contribution in [0.1, 0.15) is 20.8 Å². The fourth-order valence-corrected chi connectivity index (χ4v) is 2.38. The predicted octanol–water partition coefficient (Wildman–Crippen LogP) is 0.889. The smallest absolute Gasteiger partial charge is 0.443 e. The minimum absolute atomic E-state index is 0.205. The number of oxime groups is 1. The summed E-state index contributed by atoms with van der Waals surface area (Å²) in [5.41, 5.74) is 0.943. The van der Waals surface area contributed by atoms with Gasteiger partial charge in [0.2, 0.25) is 0 Å². The van der Waals surface area contributed by atoms with Crippen LogP contribution in [-0.4, -0.2) is 45.1 Å². The Morgan fingerprint density at radius 1 is 1.65 bits per heavy atom. The Morgan fingerprint density at radius 3 is 2.82 bits per heavy atom. The molecule has 0 radical (unpaired) electrons. The molecular formula is C9H15N3O4S. The van der Waals surface area contributed by atoms with E-state index in [9.17, 15) is 9.00 Å². The molecule has 0 aromatic heterocycles. The van der Waals surface area contributed by atoms with Crippen LogP contribution in [0.25, 0.3) is 0 Å². The first-order valence-electron chi connectivity index (χ1n) is 5.07. The van der Waals surface area contributed by atoms with E-state index in [1.165, 1.54) is 7.11 Å². The Morgan fingerprint density at radius 2 is 2.29 bits per heavy atom. The fourth-order valence-electron chi connectivity index (χ4n) is 1.31. The molecule has 2 atom stereocenters. The van der Waals surface area contributed by atoms with Gasteiger partial charge in [0, 0.05) is 0 Å². The molecule has 8 heteroatoms. The highest BCUT2D eigenvalue weighted by Gasteiger charge is 2.37. The third-order valence-electron chi connectivity index (χ3n) is 2.08. The number of carbonyl (C=O) groups excluding carboxylic acids is 1. The second-order valence-electron chi connectivity index (χ2n) is 3.23. The number of hydrogen-bond acceptors (Lipinski definition) is 6. The number of ether oxygens (including phenoxy) is 1. The summed E-state index contributed by atoms with van der Waals surface area (Å²) >= 11 is 0. The standard InChI is InChI=1S/C9H15N3O4S/c1-5-16-9(13)12-10-8(6(2)11-15-4)7(3)17(12)14/h7H,5H2,1-4H3/b11-6+. The largest absolute Gasteiger partial charge is 0.448 e. The van der Waals surface area contributed by atoms with E-state index < -0.39 is 22.3 Å². The fraction of sp³-hybridized carbons (Fsp3) is 0.667. The van der Waals surface area contributed by atoms with Crippen LogP contribution in [0.2, 0.25) is 0 Å². The average Bonchev–Trinajstić information content (AvgIpc) is 2.57. The molecule has 0 aromatic carbocycles. The summed E-state index contributed by atoms with van der Waals surface area (Å²) in [5.74, 6) is 0. The SMILES string of the molecule is CCOC(=O)N1N=C(/C(C)=N/OC)C(C)S1=O. The Labute approximate surface area is 102 Å². The topological polar surface area (TPSA) is 80.6 Å². The van der Waals surface area contributed by atoms with Gasteiger partial charge in [-0.1, -0.05) is 5.16 Å². The van der Waals surface area contributed by atoms with Gasteiger partial charge in [0.25, 0.3) is 0 Å². The molecule has 0 spiro atoms. The second-order valence-corrected chi connectivity index (χ2v) is 4.84. The monoisotopic (exact) mass is 261 g/mol. The van der Waals surface area contributed by atoms with Crippen molar-refractivity contribution in [3.8, 4) is 0 Å². The van der Waals surface area contributed by atoms with Gasteiger partial charge in [0.15, 0.2) is 11.0 Å². The third kappa shape index (κ3) is 2.82. The molecule has 0 saturated carbocycles. The van der Waals surface area contributed by atoms with Gasteiger partial charge in [0.05, 0.1) is 11.9 Å². The van der Waals surface area contributed by atoms with E-state index in [1.807, 2.05) is 0 Å². The molecule has 1 aliphatic rings. The number of hydrazone groups is 1. The summed E-state index contributed by atoms with van der Waals surface area (Å²) in [4.78, 5) is 16.1. The van der Waals surface area contributed by atoms with Crippen LogP contribution in [-0.2, 0) is 20.6 Å². The molecule has 0 aromatic rings. The summed E-state index contributed by atoms with van der Waals surface area (Å²) in [6.07, 6.45) is -0.724. The first-order chi connectivity index (χ1) is 8.02. The van der Waals surface area contributed by atoms with Crippen molar-refractivity contribution in [3.63, 3.8) is 0 Å². The van der Waals surface area contributed by atoms with Crippen LogP contribution in [0.5, 0.6) is 0 Å². The van der Waals surface area contributed by atoms with Crippen molar-refractivity contribution in [3.05, 3.63) is 0 Å². The maximum atomic E-state index is 11.9. The zero-order chi connectivity index (χ0) is 13.0. The molecule has 0 aliphatic carbocycles. The number of rotatable bonds is 3. The predicted molar refractivity (Wildman–Crippen MR) is 64.0 cm³/mol. The lowest BCUT2D eigenvalue weighted by atomic mass is 10.2. The highest BCUT2D eigenvalue weighted by Crippen LogP contribution is 2.17. The molecule has 7 nitrogen and oxygen atoms in total. The van der Waals surface area contributed by atoms with Crippen molar-refractivity contribution in [2.45, 2.75) is 26.0 Å². The molecule has 0 N–H and O–H groups in total.